The van der Waals surface area contributed by atoms with Gasteiger partial charge in [0.15, 0.2) is 0 Å². The summed E-state index contributed by atoms with van der Waals surface area (Å²) in [5.41, 5.74) is 0. The highest BCUT2D eigenvalue weighted by atomic mass is 16.2. The molecule has 14 heavy (non-hydrogen) atoms. The van der Waals surface area contributed by atoms with Crippen LogP contribution in [-0.2, 0) is 4.79 Å². The van der Waals surface area contributed by atoms with Crippen molar-refractivity contribution in [1.29, 1.82) is 0 Å². The van der Waals surface area contributed by atoms with Crippen LogP contribution in [0.5, 0.6) is 0 Å². The van der Waals surface area contributed by atoms with Gasteiger partial charge in [0.1, 0.15) is 0 Å². The average molecular weight is 196 g/mol. The third kappa shape index (κ3) is 3.29. The molecule has 2 fully saturated rings. The number of rotatable bonds is 6. The Labute approximate surface area is 85.6 Å². The van der Waals surface area contributed by atoms with Crippen molar-refractivity contribution in [3.05, 3.63) is 0 Å². The van der Waals surface area contributed by atoms with Gasteiger partial charge in [-0.25, -0.2) is 0 Å². The van der Waals surface area contributed by atoms with Crippen molar-refractivity contribution >= 4 is 5.91 Å². The number of hydrogen-bond acceptors (Lipinski definition) is 2. The molecule has 0 aromatic rings. The summed E-state index contributed by atoms with van der Waals surface area (Å²) < 4.78 is 0. The van der Waals surface area contributed by atoms with Crippen molar-refractivity contribution in [1.82, 2.24) is 10.6 Å². The van der Waals surface area contributed by atoms with Gasteiger partial charge in [0, 0.05) is 6.04 Å². The first-order chi connectivity index (χ1) is 6.84. The molecule has 0 spiro atoms. The van der Waals surface area contributed by atoms with Crippen LogP contribution in [0, 0.1) is 5.92 Å². The van der Waals surface area contributed by atoms with Crippen molar-refractivity contribution in [2.75, 3.05) is 13.1 Å². The summed E-state index contributed by atoms with van der Waals surface area (Å²) in [6.07, 6.45) is 7.80. The third-order valence-corrected chi connectivity index (χ3v) is 3.18. The van der Waals surface area contributed by atoms with E-state index >= 15 is 0 Å². The maximum atomic E-state index is 11.2. The lowest BCUT2D eigenvalue weighted by Crippen LogP contribution is -2.36. The zero-order chi connectivity index (χ0) is 9.80. The van der Waals surface area contributed by atoms with E-state index in [-0.39, 0.29) is 5.91 Å². The van der Waals surface area contributed by atoms with Crippen LogP contribution >= 0.6 is 0 Å². The molecule has 80 valence electrons. The van der Waals surface area contributed by atoms with E-state index in [1.807, 2.05) is 0 Å². The van der Waals surface area contributed by atoms with Crippen molar-refractivity contribution in [3.63, 3.8) is 0 Å². The molecule has 0 unspecified atom stereocenters. The number of amides is 1. The van der Waals surface area contributed by atoms with Gasteiger partial charge in [0.25, 0.3) is 0 Å². The highest BCUT2D eigenvalue weighted by molar-refractivity contribution is 5.78. The fraction of sp³-hybridized carbons (Fsp3) is 0.909. The minimum Gasteiger partial charge on any atom is -0.352 e. The number of nitrogens with one attached hydrogen (secondary N) is 2. The second-order valence-electron chi connectivity index (χ2n) is 4.60. The number of carbonyl (C=O) groups excluding carboxylic acids is 1. The molecule has 2 rings (SSSR count). The first-order valence-corrected chi connectivity index (χ1v) is 5.84. The van der Waals surface area contributed by atoms with Gasteiger partial charge in [0.05, 0.1) is 6.54 Å². The molecule has 3 heteroatoms. The van der Waals surface area contributed by atoms with Gasteiger partial charge in [-0.3, -0.25) is 4.79 Å². The van der Waals surface area contributed by atoms with Crippen LogP contribution in [-0.4, -0.2) is 25.0 Å². The molecular weight excluding hydrogens is 176 g/mol. The lowest BCUT2D eigenvalue weighted by molar-refractivity contribution is -0.120. The molecule has 0 aromatic heterocycles. The van der Waals surface area contributed by atoms with Crippen LogP contribution < -0.4 is 10.6 Å². The third-order valence-electron chi connectivity index (χ3n) is 3.18. The van der Waals surface area contributed by atoms with Gasteiger partial charge in [-0.15, -0.1) is 0 Å². The lowest BCUT2D eigenvalue weighted by Gasteiger charge is -2.25. The molecule has 2 N–H and O–H groups in total. The minimum absolute atomic E-state index is 0.168. The Morgan fingerprint density at radius 3 is 2.57 bits per heavy atom. The second-order valence-corrected chi connectivity index (χ2v) is 4.60. The Morgan fingerprint density at radius 2 is 2.00 bits per heavy atom. The largest absolute Gasteiger partial charge is 0.352 e. The molecule has 2 aliphatic carbocycles. The Morgan fingerprint density at radius 1 is 1.21 bits per heavy atom. The zero-order valence-electron chi connectivity index (χ0n) is 8.72. The van der Waals surface area contributed by atoms with Crippen LogP contribution in [0.3, 0.4) is 0 Å². The maximum Gasteiger partial charge on any atom is 0.234 e. The smallest absolute Gasteiger partial charge is 0.234 e. The molecule has 0 radical (unpaired) electrons. The van der Waals surface area contributed by atoms with Crippen LogP contribution in [0.2, 0.25) is 0 Å². The van der Waals surface area contributed by atoms with E-state index in [9.17, 15) is 4.79 Å². The summed E-state index contributed by atoms with van der Waals surface area (Å²) in [5, 5.41) is 6.17. The molecule has 0 bridgehead atoms. The van der Waals surface area contributed by atoms with E-state index in [0.29, 0.717) is 12.6 Å². The summed E-state index contributed by atoms with van der Waals surface area (Å²) in [6.45, 7) is 1.51. The molecule has 3 nitrogen and oxygen atoms in total. The molecule has 0 atom stereocenters. The first kappa shape index (κ1) is 9.97. The molecule has 2 aliphatic rings. The molecule has 0 saturated heterocycles. The van der Waals surface area contributed by atoms with Crippen LogP contribution in [0.15, 0.2) is 0 Å². The van der Waals surface area contributed by atoms with Crippen LogP contribution in [0.25, 0.3) is 0 Å². The Balaban J connectivity index is 1.42. The monoisotopic (exact) mass is 196 g/mol. The van der Waals surface area contributed by atoms with Gasteiger partial charge in [-0.2, -0.15) is 0 Å². The number of hydrogen-bond donors (Lipinski definition) is 2. The fourth-order valence-corrected chi connectivity index (χ4v) is 1.80. The maximum absolute atomic E-state index is 11.2. The van der Waals surface area contributed by atoms with E-state index in [2.05, 4.69) is 10.6 Å². The Bertz CT molecular complexity index is 197. The van der Waals surface area contributed by atoms with Crippen molar-refractivity contribution in [2.45, 2.75) is 44.6 Å². The van der Waals surface area contributed by atoms with Crippen molar-refractivity contribution in [2.24, 2.45) is 5.92 Å². The quantitative estimate of drug-likeness (QED) is 0.623. The normalized spacial score (nSPS) is 21.7. The lowest BCUT2D eigenvalue weighted by atomic mass is 9.83. The van der Waals surface area contributed by atoms with E-state index in [1.165, 1.54) is 38.5 Å². The predicted molar refractivity (Wildman–Crippen MR) is 56.0 cm³/mol. The highest BCUT2D eigenvalue weighted by Gasteiger charge is 2.22. The predicted octanol–water partition coefficient (Wildman–Crippen LogP) is 1.04. The highest BCUT2D eigenvalue weighted by Crippen LogP contribution is 2.28. The van der Waals surface area contributed by atoms with Gasteiger partial charge < -0.3 is 10.6 Å². The molecule has 0 aromatic carbocycles. The van der Waals surface area contributed by atoms with Crippen LogP contribution in [0.4, 0.5) is 0 Å². The SMILES string of the molecule is O=C(CNCCC1CCC1)NC1CC1. The summed E-state index contributed by atoms with van der Waals surface area (Å²) in [4.78, 5) is 11.2. The van der Waals surface area contributed by atoms with Crippen LogP contribution in [0.1, 0.15) is 38.5 Å². The molecule has 0 heterocycles. The number of carbonyl (C=O) groups is 1. The second kappa shape index (κ2) is 4.78. The molecular formula is C11H20N2O. The summed E-state index contributed by atoms with van der Waals surface area (Å²) >= 11 is 0. The van der Waals surface area contributed by atoms with E-state index in [4.69, 9.17) is 0 Å². The molecule has 0 aliphatic heterocycles. The van der Waals surface area contributed by atoms with E-state index in [1.54, 1.807) is 0 Å². The van der Waals surface area contributed by atoms with E-state index < -0.39 is 0 Å². The summed E-state index contributed by atoms with van der Waals surface area (Å²) in [6, 6.07) is 0.496. The standard InChI is InChI=1S/C11H20N2O/c14-11(13-10-4-5-10)8-12-7-6-9-2-1-3-9/h9-10,12H,1-8H2,(H,13,14). The van der Waals surface area contributed by atoms with E-state index in [0.717, 1.165) is 12.5 Å². The Hall–Kier alpha value is -0.570. The topological polar surface area (TPSA) is 41.1 Å². The minimum atomic E-state index is 0.168. The van der Waals surface area contributed by atoms with Gasteiger partial charge >= 0.3 is 0 Å². The average Bonchev–Trinajstić information content (AvgIpc) is 2.84. The molecule has 1 amide bonds. The fourth-order valence-electron chi connectivity index (χ4n) is 1.80. The van der Waals surface area contributed by atoms with Gasteiger partial charge in [-0.05, 0) is 31.7 Å². The van der Waals surface area contributed by atoms with Crippen molar-refractivity contribution in [3.8, 4) is 0 Å². The zero-order valence-corrected chi connectivity index (χ0v) is 8.72. The van der Waals surface area contributed by atoms with Gasteiger partial charge in [-0.1, -0.05) is 19.3 Å². The summed E-state index contributed by atoms with van der Waals surface area (Å²) in [5.74, 6) is 1.11. The van der Waals surface area contributed by atoms with Crippen molar-refractivity contribution < 1.29 is 4.79 Å². The summed E-state index contributed by atoms with van der Waals surface area (Å²) in [7, 11) is 0. The molecule has 2 saturated carbocycles. The van der Waals surface area contributed by atoms with Gasteiger partial charge in [0.2, 0.25) is 5.91 Å². The first-order valence-electron chi connectivity index (χ1n) is 5.84. The Kier molecular flexibility index (Phi) is 3.40.